The van der Waals surface area contributed by atoms with Crippen LogP contribution in [0.4, 0.5) is 13.2 Å². The summed E-state index contributed by atoms with van der Waals surface area (Å²) in [5.41, 5.74) is 0. The Morgan fingerprint density at radius 3 is 2.46 bits per heavy atom. The summed E-state index contributed by atoms with van der Waals surface area (Å²) in [6.45, 7) is 0.625. The van der Waals surface area contributed by atoms with E-state index in [1.165, 1.54) is 0 Å². The van der Waals surface area contributed by atoms with Gasteiger partial charge in [0.05, 0.1) is 10.9 Å². The van der Waals surface area contributed by atoms with Crippen molar-refractivity contribution in [1.29, 1.82) is 0 Å². The van der Waals surface area contributed by atoms with Crippen molar-refractivity contribution in [3.05, 3.63) is 47.8 Å². The van der Waals surface area contributed by atoms with E-state index in [0.717, 1.165) is 4.31 Å². The van der Waals surface area contributed by atoms with Crippen molar-refractivity contribution in [2.45, 2.75) is 10.9 Å². The molecule has 0 amide bonds. The van der Waals surface area contributed by atoms with Crippen molar-refractivity contribution < 1.29 is 21.6 Å². The lowest BCUT2D eigenvalue weighted by molar-refractivity contribution is 0.142. The van der Waals surface area contributed by atoms with E-state index >= 15 is 0 Å². The highest BCUT2D eigenvalue weighted by atomic mass is 32.2. The average Bonchev–Trinajstić information content (AvgIpc) is 3.06. The molecule has 0 aliphatic carbocycles. The second kappa shape index (κ2) is 6.19. The molecule has 2 aromatic rings. The maximum atomic E-state index is 13.4. The number of hydrogen-bond donors (Lipinski definition) is 1. The van der Waals surface area contributed by atoms with Gasteiger partial charge in [0.1, 0.15) is 5.82 Å². The Morgan fingerprint density at radius 2 is 1.88 bits per heavy atom. The molecule has 1 atom stereocenters. The van der Waals surface area contributed by atoms with E-state index in [1.807, 2.05) is 11.9 Å². The van der Waals surface area contributed by atoms with Crippen LogP contribution in [-0.2, 0) is 10.0 Å². The molecule has 1 N–H and O–H groups in total. The summed E-state index contributed by atoms with van der Waals surface area (Å²) in [5.74, 6) is -4.18. The number of aromatic amines is 1. The average molecular weight is 360 g/mol. The standard InChI is InChI=1S/C14H15F3N4O2S/c1-20-4-5-21(8-12(20)14-18-2-3-19-14)24(22,23)9-6-10(15)13(17)11(16)7-9/h2-3,6-7,12H,4-5,8H2,1H3,(H,18,19). The van der Waals surface area contributed by atoms with E-state index in [2.05, 4.69) is 9.97 Å². The predicted octanol–water partition coefficient (Wildman–Crippen LogP) is 1.50. The van der Waals surface area contributed by atoms with Gasteiger partial charge >= 0.3 is 0 Å². The van der Waals surface area contributed by atoms with Gasteiger partial charge in [0.25, 0.3) is 0 Å². The molecule has 1 aromatic heterocycles. The van der Waals surface area contributed by atoms with Crippen LogP contribution < -0.4 is 0 Å². The SMILES string of the molecule is CN1CCN(S(=O)(=O)c2cc(F)c(F)c(F)c2)CC1c1ncc[nH]1. The van der Waals surface area contributed by atoms with Crippen LogP contribution in [0.25, 0.3) is 0 Å². The third-order valence-corrected chi connectivity index (χ3v) is 5.88. The van der Waals surface area contributed by atoms with Crippen LogP contribution in [0.2, 0.25) is 0 Å². The zero-order valence-corrected chi connectivity index (χ0v) is 13.5. The molecule has 1 saturated heterocycles. The number of H-pyrrole nitrogens is 1. The molecule has 0 saturated carbocycles. The number of likely N-dealkylation sites (N-methyl/N-ethyl adjacent to an activating group) is 1. The fraction of sp³-hybridized carbons (Fsp3) is 0.357. The van der Waals surface area contributed by atoms with Crippen molar-refractivity contribution >= 4 is 10.0 Å². The van der Waals surface area contributed by atoms with Gasteiger partial charge < -0.3 is 4.98 Å². The van der Waals surface area contributed by atoms with E-state index in [4.69, 9.17) is 0 Å². The monoisotopic (exact) mass is 360 g/mol. The topological polar surface area (TPSA) is 69.3 Å². The van der Waals surface area contributed by atoms with Crippen molar-refractivity contribution in [3.8, 4) is 0 Å². The lowest BCUT2D eigenvalue weighted by Gasteiger charge is -2.37. The van der Waals surface area contributed by atoms with Gasteiger partial charge in [-0.05, 0) is 19.2 Å². The van der Waals surface area contributed by atoms with Gasteiger partial charge in [-0.1, -0.05) is 0 Å². The van der Waals surface area contributed by atoms with Crippen molar-refractivity contribution in [2.24, 2.45) is 0 Å². The molecule has 1 aromatic carbocycles. The number of aromatic nitrogens is 2. The maximum Gasteiger partial charge on any atom is 0.243 e. The minimum atomic E-state index is -4.15. The molecule has 0 bridgehead atoms. The lowest BCUT2D eigenvalue weighted by Crippen LogP contribution is -2.49. The largest absolute Gasteiger partial charge is 0.347 e. The summed E-state index contributed by atoms with van der Waals surface area (Å²) in [6.07, 6.45) is 3.18. The summed E-state index contributed by atoms with van der Waals surface area (Å²) in [6, 6.07) is 0.667. The Hall–Kier alpha value is -1.91. The number of halogens is 3. The van der Waals surface area contributed by atoms with Gasteiger partial charge in [-0.25, -0.2) is 26.6 Å². The first-order valence-corrected chi connectivity index (χ1v) is 8.59. The summed E-state index contributed by atoms with van der Waals surface area (Å²) < 4.78 is 66.2. The Kier molecular flexibility index (Phi) is 4.37. The van der Waals surface area contributed by atoms with Gasteiger partial charge in [-0.15, -0.1) is 0 Å². The number of imidazole rings is 1. The van der Waals surface area contributed by atoms with E-state index < -0.39 is 32.4 Å². The second-order valence-electron chi connectivity index (χ2n) is 5.53. The summed E-state index contributed by atoms with van der Waals surface area (Å²) in [5, 5.41) is 0. The number of rotatable bonds is 3. The molecule has 1 aliphatic rings. The molecule has 0 spiro atoms. The fourth-order valence-corrected chi connectivity index (χ4v) is 4.11. The van der Waals surface area contributed by atoms with Gasteiger partial charge in [-0.2, -0.15) is 4.31 Å². The first-order chi connectivity index (χ1) is 11.3. The molecular formula is C14H15F3N4O2S. The van der Waals surface area contributed by atoms with Gasteiger partial charge in [0.2, 0.25) is 10.0 Å². The number of nitrogens with zero attached hydrogens (tertiary/aromatic N) is 3. The number of benzene rings is 1. The minimum absolute atomic E-state index is 0.0625. The Balaban J connectivity index is 1.92. The third kappa shape index (κ3) is 2.92. The molecular weight excluding hydrogens is 345 g/mol. The van der Waals surface area contributed by atoms with E-state index in [1.54, 1.807) is 12.4 Å². The number of sulfonamides is 1. The van der Waals surface area contributed by atoms with Crippen LogP contribution >= 0.6 is 0 Å². The molecule has 1 aliphatic heterocycles. The Morgan fingerprint density at radius 1 is 1.21 bits per heavy atom. The zero-order valence-electron chi connectivity index (χ0n) is 12.7. The molecule has 130 valence electrons. The van der Waals surface area contributed by atoms with Crippen LogP contribution in [0.1, 0.15) is 11.9 Å². The predicted molar refractivity (Wildman–Crippen MR) is 79.0 cm³/mol. The first-order valence-electron chi connectivity index (χ1n) is 7.15. The quantitative estimate of drug-likeness (QED) is 0.843. The molecule has 1 unspecified atom stereocenters. The number of piperazine rings is 1. The number of hydrogen-bond acceptors (Lipinski definition) is 4. The fourth-order valence-electron chi connectivity index (χ4n) is 2.65. The number of nitrogens with one attached hydrogen (secondary N) is 1. The van der Waals surface area contributed by atoms with E-state index in [-0.39, 0.29) is 19.1 Å². The highest BCUT2D eigenvalue weighted by molar-refractivity contribution is 7.89. The molecule has 1 fully saturated rings. The summed E-state index contributed by atoms with van der Waals surface area (Å²) >= 11 is 0. The Bertz CT molecular complexity index is 819. The smallest absolute Gasteiger partial charge is 0.243 e. The van der Waals surface area contributed by atoms with E-state index in [0.29, 0.717) is 24.5 Å². The third-order valence-electron chi connectivity index (χ3n) is 4.04. The first kappa shape index (κ1) is 16.9. The lowest BCUT2D eigenvalue weighted by atomic mass is 10.2. The molecule has 24 heavy (non-hydrogen) atoms. The molecule has 2 heterocycles. The highest BCUT2D eigenvalue weighted by Gasteiger charge is 2.35. The van der Waals surface area contributed by atoms with Crippen molar-refractivity contribution in [2.75, 3.05) is 26.7 Å². The van der Waals surface area contributed by atoms with Crippen LogP contribution in [0.15, 0.2) is 29.4 Å². The maximum absolute atomic E-state index is 13.4. The van der Waals surface area contributed by atoms with Gasteiger partial charge in [0, 0.05) is 32.0 Å². The van der Waals surface area contributed by atoms with Gasteiger partial charge in [-0.3, -0.25) is 4.90 Å². The molecule has 3 rings (SSSR count). The van der Waals surface area contributed by atoms with Crippen LogP contribution in [0.3, 0.4) is 0 Å². The van der Waals surface area contributed by atoms with E-state index in [9.17, 15) is 21.6 Å². The summed E-state index contributed by atoms with van der Waals surface area (Å²) in [7, 11) is -2.33. The molecule has 6 nitrogen and oxygen atoms in total. The normalized spacial score (nSPS) is 20.4. The van der Waals surface area contributed by atoms with Gasteiger partial charge in [0.15, 0.2) is 17.5 Å². The van der Waals surface area contributed by atoms with Crippen molar-refractivity contribution in [1.82, 2.24) is 19.2 Å². The minimum Gasteiger partial charge on any atom is -0.347 e. The second-order valence-corrected chi connectivity index (χ2v) is 7.47. The van der Waals surface area contributed by atoms with Crippen LogP contribution in [0, 0.1) is 17.5 Å². The van der Waals surface area contributed by atoms with Crippen LogP contribution in [0.5, 0.6) is 0 Å². The highest BCUT2D eigenvalue weighted by Crippen LogP contribution is 2.27. The van der Waals surface area contributed by atoms with Crippen molar-refractivity contribution in [3.63, 3.8) is 0 Å². The summed E-state index contributed by atoms with van der Waals surface area (Å²) in [4.78, 5) is 8.38. The Labute approximate surface area is 137 Å². The molecule has 10 heteroatoms. The zero-order chi connectivity index (χ0) is 17.5. The molecule has 0 radical (unpaired) electrons. The van der Waals surface area contributed by atoms with Crippen LogP contribution in [-0.4, -0.2) is 54.3 Å².